The number of hydrogen-bond acceptors (Lipinski definition) is 3. The Morgan fingerprint density at radius 3 is 3.00 bits per heavy atom. The van der Waals surface area contributed by atoms with Gasteiger partial charge in [-0.2, -0.15) is 11.3 Å². The van der Waals surface area contributed by atoms with Crippen molar-refractivity contribution in [3.05, 3.63) is 52.3 Å². The Labute approximate surface area is 132 Å². The molecule has 1 unspecified atom stereocenters. The molecule has 22 heavy (non-hydrogen) atoms. The van der Waals surface area contributed by atoms with Crippen LogP contribution in [0.1, 0.15) is 17.4 Å². The number of H-pyrrole nitrogens is 1. The summed E-state index contributed by atoms with van der Waals surface area (Å²) < 4.78 is 0. The molecule has 0 aliphatic heterocycles. The van der Waals surface area contributed by atoms with Crippen LogP contribution < -0.4 is 10.6 Å². The van der Waals surface area contributed by atoms with Crippen LogP contribution in [0.3, 0.4) is 0 Å². The van der Waals surface area contributed by atoms with Crippen LogP contribution in [0.5, 0.6) is 0 Å². The van der Waals surface area contributed by atoms with Gasteiger partial charge in [0.1, 0.15) is 0 Å². The van der Waals surface area contributed by atoms with Gasteiger partial charge in [0.05, 0.1) is 6.10 Å². The summed E-state index contributed by atoms with van der Waals surface area (Å²) in [6.07, 6.45) is -0.688. The highest BCUT2D eigenvalue weighted by molar-refractivity contribution is 7.07. The first kappa shape index (κ1) is 14.6. The van der Waals surface area contributed by atoms with E-state index in [2.05, 4.69) is 15.6 Å². The van der Waals surface area contributed by atoms with Gasteiger partial charge in [-0.15, -0.1) is 0 Å². The van der Waals surface area contributed by atoms with E-state index in [9.17, 15) is 9.90 Å². The zero-order valence-electron chi connectivity index (χ0n) is 12.1. The number of urea groups is 1. The smallest absolute Gasteiger partial charge is 0.319 e. The minimum absolute atomic E-state index is 0.175. The number of aliphatic hydroxyl groups excluding tert-OH is 1. The molecular formula is C16H17N3O2S. The maximum atomic E-state index is 11.9. The molecule has 0 saturated heterocycles. The maximum Gasteiger partial charge on any atom is 0.319 e. The molecule has 2 aromatic heterocycles. The van der Waals surface area contributed by atoms with Crippen LogP contribution in [-0.2, 0) is 0 Å². The highest BCUT2D eigenvalue weighted by atomic mass is 32.1. The van der Waals surface area contributed by atoms with Gasteiger partial charge in [-0.25, -0.2) is 4.79 Å². The third kappa shape index (κ3) is 3.29. The van der Waals surface area contributed by atoms with E-state index in [1.54, 1.807) is 0 Å². The first-order valence-corrected chi connectivity index (χ1v) is 7.90. The predicted octanol–water partition coefficient (Wildman–Crippen LogP) is 3.39. The summed E-state index contributed by atoms with van der Waals surface area (Å²) in [4.78, 5) is 15.1. The van der Waals surface area contributed by atoms with Crippen LogP contribution in [0.25, 0.3) is 10.9 Å². The fourth-order valence-corrected chi connectivity index (χ4v) is 3.01. The molecule has 0 saturated carbocycles. The number of hydrogen-bond donors (Lipinski definition) is 4. The van der Waals surface area contributed by atoms with Crippen LogP contribution in [0.15, 0.2) is 41.1 Å². The lowest BCUT2D eigenvalue weighted by atomic mass is 10.2. The van der Waals surface area contributed by atoms with E-state index >= 15 is 0 Å². The molecule has 0 aliphatic carbocycles. The van der Waals surface area contributed by atoms with Crippen LogP contribution in [-0.4, -0.2) is 22.7 Å². The van der Waals surface area contributed by atoms with Crippen molar-refractivity contribution in [1.82, 2.24) is 10.3 Å². The van der Waals surface area contributed by atoms with Crippen LogP contribution in [0, 0.1) is 6.92 Å². The van der Waals surface area contributed by atoms with Gasteiger partial charge in [-0.05, 0) is 53.6 Å². The lowest BCUT2D eigenvalue weighted by molar-refractivity contribution is 0.175. The number of carbonyl (C=O) groups is 1. The second-order valence-corrected chi connectivity index (χ2v) is 5.94. The molecule has 5 nitrogen and oxygen atoms in total. The molecule has 114 valence electrons. The Kier molecular flexibility index (Phi) is 4.13. The first-order chi connectivity index (χ1) is 10.6. The first-order valence-electron chi connectivity index (χ1n) is 6.96. The number of carbonyl (C=O) groups excluding carboxylic acids is 1. The molecule has 0 aliphatic rings. The molecule has 0 bridgehead atoms. The number of amides is 2. The zero-order chi connectivity index (χ0) is 15.5. The van der Waals surface area contributed by atoms with E-state index in [-0.39, 0.29) is 12.6 Å². The van der Waals surface area contributed by atoms with Gasteiger partial charge in [0.25, 0.3) is 0 Å². The van der Waals surface area contributed by atoms with Crippen LogP contribution >= 0.6 is 11.3 Å². The van der Waals surface area contributed by atoms with Crippen molar-refractivity contribution >= 4 is 34.0 Å². The molecule has 3 aromatic rings. The van der Waals surface area contributed by atoms with E-state index in [1.807, 2.05) is 48.0 Å². The van der Waals surface area contributed by atoms with Crippen LogP contribution in [0.4, 0.5) is 10.5 Å². The molecule has 0 radical (unpaired) electrons. The number of aromatic nitrogens is 1. The summed E-state index contributed by atoms with van der Waals surface area (Å²) in [5.41, 5.74) is 3.65. The van der Waals surface area contributed by atoms with Crippen molar-refractivity contribution in [3.8, 4) is 0 Å². The summed E-state index contributed by atoms with van der Waals surface area (Å²) in [5.74, 6) is 0. The Bertz CT molecular complexity index is 780. The third-order valence-electron chi connectivity index (χ3n) is 3.40. The third-order valence-corrected chi connectivity index (χ3v) is 4.10. The number of thiophene rings is 1. The van der Waals surface area contributed by atoms with Gasteiger partial charge < -0.3 is 20.7 Å². The quantitative estimate of drug-likeness (QED) is 0.595. The maximum absolute atomic E-state index is 11.9. The van der Waals surface area contributed by atoms with Gasteiger partial charge in [0, 0.05) is 28.8 Å². The molecule has 0 fully saturated rings. The summed E-state index contributed by atoms with van der Waals surface area (Å²) >= 11 is 1.52. The highest BCUT2D eigenvalue weighted by Crippen LogP contribution is 2.20. The molecule has 1 aromatic carbocycles. The number of aliphatic hydroxyl groups is 1. The molecular weight excluding hydrogens is 298 g/mol. The van der Waals surface area contributed by atoms with Gasteiger partial charge >= 0.3 is 6.03 Å². The standard InChI is InChI=1S/C16H17N3O2S/c1-10-6-12-7-13(2-3-14(12)18-10)19-16(21)17-8-15(20)11-4-5-22-9-11/h2-7,9,15,18,20H,8H2,1H3,(H2,17,19,21). The largest absolute Gasteiger partial charge is 0.387 e. The van der Waals surface area contributed by atoms with Gasteiger partial charge in [0.2, 0.25) is 0 Å². The number of nitrogens with one attached hydrogen (secondary N) is 3. The molecule has 2 amide bonds. The minimum Gasteiger partial charge on any atom is -0.387 e. The van der Waals surface area contributed by atoms with Crippen molar-refractivity contribution in [2.75, 3.05) is 11.9 Å². The number of anilines is 1. The van der Waals surface area contributed by atoms with Gasteiger partial charge in [-0.1, -0.05) is 0 Å². The number of aryl methyl sites for hydroxylation is 1. The average molecular weight is 315 g/mol. The Hall–Kier alpha value is -2.31. The fraction of sp³-hybridized carbons (Fsp3) is 0.188. The molecule has 2 heterocycles. The predicted molar refractivity (Wildman–Crippen MR) is 89.3 cm³/mol. The molecule has 4 N–H and O–H groups in total. The summed E-state index contributed by atoms with van der Waals surface area (Å²) in [5, 5.41) is 20.2. The SMILES string of the molecule is Cc1cc2cc(NC(=O)NCC(O)c3ccsc3)ccc2[nH]1. The fourth-order valence-electron chi connectivity index (χ4n) is 2.30. The Morgan fingerprint density at radius 2 is 2.23 bits per heavy atom. The van der Waals surface area contributed by atoms with Crippen molar-refractivity contribution in [2.24, 2.45) is 0 Å². The number of fused-ring (bicyclic) bond motifs is 1. The topological polar surface area (TPSA) is 77.2 Å². The molecule has 0 spiro atoms. The highest BCUT2D eigenvalue weighted by Gasteiger charge is 2.10. The summed E-state index contributed by atoms with van der Waals surface area (Å²) in [7, 11) is 0. The number of rotatable bonds is 4. The molecule has 6 heteroatoms. The van der Waals surface area contributed by atoms with Gasteiger partial charge in [-0.3, -0.25) is 0 Å². The van der Waals surface area contributed by atoms with Crippen LogP contribution in [0.2, 0.25) is 0 Å². The minimum atomic E-state index is -0.688. The van der Waals surface area contributed by atoms with Crippen molar-refractivity contribution < 1.29 is 9.90 Å². The Balaban J connectivity index is 1.58. The number of benzene rings is 1. The molecule has 3 rings (SSSR count). The van der Waals surface area contributed by atoms with E-state index in [0.29, 0.717) is 5.69 Å². The summed E-state index contributed by atoms with van der Waals surface area (Å²) in [6.45, 7) is 2.17. The second-order valence-electron chi connectivity index (χ2n) is 5.16. The summed E-state index contributed by atoms with van der Waals surface area (Å²) in [6, 6.07) is 9.22. The zero-order valence-corrected chi connectivity index (χ0v) is 12.9. The molecule has 1 atom stereocenters. The van der Waals surface area contributed by atoms with E-state index in [4.69, 9.17) is 0 Å². The number of aromatic amines is 1. The van der Waals surface area contributed by atoms with E-state index in [0.717, 1.165) is 22.2 Å². The van der Waals surface area contributed by atoms with Crippen molar-refractivity contribution in [2.45, 2.75) is 13.0 Å². The van der Waals surface area contributed by atoms with E-state index < -0.39 is 6.10 Å². The lowest BCUT2D eigenvalue weighted by Crippen LogP contribution is -2.32. The van der Waals surface area contributed by atoms with E-state index in [1.165, 1.54) is 11.3 Å². The monoisotopic (exact) mass is 315 g/mol. The van der Waals surface area contributed by atoms with Crippen molar-refractivity contribution in [3.63, 3.8) is 0 Å². The lowest BCUT2D eigenvalue weighted by Gasteiger charge is -2.11. The average Bonchev–Trinajstić information content (AvgIpc) is 3.12. The normalized spacial score (nSPS) is 12.3. The Morgan fingerprint density at radius 1 is 1.36 bits per heavy atom. The second kappa shape index (κ2) is 6.21. The van der Waals surface area contributed by atoms with Gasteiger partial charge in [0.15, 0.2) is 0 Å². The van der Waals surface area contributed by atoms with Crippen molar-refractivity contribution in [1.29, 1.82) is 0 Å².